The molecule has 0 radical (unpaired) electrons. The molecule has 1 heterocycles. The van der Waals surface area contributed by atoms with E-state index in [1.54, 1.807) is 0 Å². The second-order valence-electron chi connectivity index (χ2n) is 6.04. The van der Waals surface area contributed by atoms with Crippen LogP contribution in [0.5, 0.6) is 0 Å². The topological polar surface area (TPSA) is 37.8 Å². The first-order chi connectivity index (χ1) is 9.29. The maximum absolute atomic E-state index is 5.96. The largest absolute Gasteiger partial charge is 0.339 e. The number of anilines is 2. The molecule has 0 aliphatic heterocycles. The lowest BCUT2D eigenvalue weighted by Crippen LogP contribution is -2.10. The molecular formula is C16H20ClN3. The van der Waals surface area contributed by atoms with Gasteiger partial charge in [-0.3, -0.25) is 0 Å². The third-order valence-corrected chi connectivity index (χ3v) is 3.84. The first-order valence-electron chi connectivity index (χ1n) is 6.66. The van der Waals surface area contributed by atoms with Crippen LogP contribution >= 0.6 is 11.6 Å². The Hall–Kier alpha value is -1.61. The van der Waals surface area contributed by atoms with Crippen molar-refractivity contribution in [2.75, 3.05) is 5.32 Å². The normalized spacial score (nSPS) is 11.5. The van der Waals surface area contributed by atoms with E-state index in [2.05, 4.69) is 60.6 Å². The van der Waals surface area contributed by atoms with Gasteiger partial charge in [0.1, 0.15) is 0 Å². The Bertz CT molecular complexity index is 613. The Kier molecular flexibility index (Phi) is 4.00. The minimum absolute atomic E-state index is 0.158. The molecule has 0 fully saturated rings. The first-order valence-corrected chi connectivity index (χ1v) is 7.04. The molecule has 0 aliphatic carbocycles. The summed E-state index contributed by atoms with van der Waals surface area (Å²) in [4.78, 5) is 0. The van der Waals surface area contributed by atoms with E-state index in [1.807, 2.05) is 13.8 Å². The van der Waals surface area contributed by atoms with Crippen LogP contribution in [-0.4, -0.2) is 10.2 Å². The summed E-state index contributed by atoms with van der Waals surface area (Å²) in [5, 5.41) is 11.8. The number of aromatic nitrogens is 2. The highest BCUT2D eigenvalue weighted by atomic mass is 35.5. The van der Waals surface area contributed by atoms with Gasteiger partial charge in [-0.1, -0.05) is 44.5 Å². The molecule has 2 rings (SSSR count). The molecule has 3 nitrogen and oxygen atoms in total. The Morgan fingerprint density at radius 1 is 0.950 bits per heavy atom. The average molecular weight is 290 g/mol. The molecule has 0 bridgehead atoms. The third-order valence-electron chi connectivity index (χ3n) is 3.48. The Labute approximate surface area is 125 Å². The van der Waals surface area contributed by atoms with Gasteiger partial charge < -0.3 is 5.32 Å². The highest BCUT2D eigenvalue weighted by molar-refractivity contribution is 6.30. The van der Waals surface area contributed by atoms with Crippen molar-refractivity contribution in [1.29, 1.82) is 0 Å². The van der Waals surface area contributed by atoms with Crippen LogP contribution in [0.1, 0.15) is 37.5 Å². The quantitative estimate of drug-likeness (QED) is 0.864. The van der Waals surface area contributed by atoms with Crippen molar-refractivity contribution in [2.45, 2.75) is 40.0 Å². The number of halogens is 1. The lowest BCUT2D eigenvalue weighted by Gasteiger charge is -2.19. The molecule has 0 amide bonds. The number of nitrogens with zero attached hydrogens (tertiary/aromatic N) is 2. The molecular weight excluding hydrogens is 270 g/mol. The van der Waals surface area contributed by atoms with E-state index < -0.39 is 0 Å². The molecule has 1 N–H and O–H groups in total. The number of hydrogen-bond donors (Lipinski definition) is 1. The molecule has 2 aromatic rings. The zero-order valence-corrected chi connectivity index (χ0v) is 13.3. The number of rotatable bonds is 2. The SMILES string of the molecule is Cc1c(Cl)nnc(Nc2ccc(C(C)(C)C)cc2)c1C. The van der Waals surface area contributed by atoms with Crippen molar-refractivity contribution in [3.8, 4) is 0 Å². The Balaban J connectivity index is 2.25. The van der Waals surface area contributed by atoms with E-state index in [-0.39, 0.29) is 5.41 Å². The molecule has 1 aromatic heterocycles. The van der Waals surface area contributed by atoms with Crippen molar-refractivity contribution < 1.29 is 0 Å². The number of hydrogen-bond acceptors (Lipinski definition) is 3. The van der Waals surface area contributed by atoms with Crippen molar-refractivity contribution in [3.05, 3.63) is 46.1 Å². The maximum Gasteiger partial charge on any atom is 0.156 e. The average Bonchev–Trinajstić information content (AvgIpc) is 2.39. The van der Waals surface area contributed by atoms with Crippen LogP contribution < -0.4 is 5.32 Å². The summed E-state index contributed by atoms with van der Waals surface area (Å²) < 4.78 is 0. The van der Waals surface area contributed by atoms with Gasteiger partial charge in [-0.05, 0) is 48.1 Å². The molecule has 0 atom stereocenters. The predicted molar refractivity (Wildman–Crippen MR) is 84.9 cm³/mol. The highest BCUT2D eigenvalue weighted by Gasteiger charge is 2.13. The van der Waals surface area contributed by atoms with Crippen LogP contribution in [0.15, 0.2) is 24.3 Å². The standard InChI is InChI=1S/C16H20ClN3/c1-10-11(2)15(20-19-14(10)17)18-13-8-6-12(7-9-13)16(3,4)5/h6-9H,1-5H3,(H,18,20). The van der Waals surface area contributed by atoms with Crippen LogP contribution in [0.3, 0.4) is 0 Å². The van der Waals surface area contributed by atoms with Crippen LogP contribution in [0, 0.1) is 13.8 Å². The summed E-state index contributed by atoms with van der Waals surface area (Å²) >= 11 is 5.96. The molecule has 0 saturated carbocycles. The summed E-state index contributed by atoms with van der Waals surface area (Å²) in [6, 6.07) is 8.39. The molecule has 4 heteroatoms. The Morgan fingerprint density at radius 3 is 2.10 bits per heavy atom. The van der Waals surface area contributed by atoms with Gasteiger partial charge in [-0.2, -0.15) is 0 Å². The summed E-state index contributed by atoms with van der Waals surface area (Å²) in [6.45, 7) is 10.5. The lowest BCUT2D eigenvalue weighted by molar-refractivity contribution is 0.590. The van der Waals surface area contributed by atoms with Crippen molar-refractivity contribution in [1.82, 2.24) is 10.2 Å². The minimum Gasteiger partial charge on any atom is -0.339 e. The fourth-order valence-electron chi connectivity index (χ4n) is 1.89. The number of benzene rings is 1. The zero-order valence-electron chi connectivity index (χ0n) is 12.6. The van der Waals surface area contributed by atoms with E-state index >= 15 is 0 Å². The van der Waals surface area contributed by atoms with E-state index in [4.69, 9.17) is 11.6 Å². The lowest BCUT2D eigenvalue weighted by atomic mass is 9.87. The summed E-state index contributed by atoms with van der Waals surface area (Å²) in [6.07, 6.45) is 0. The van der Waals surface area contributed by atoms with Crippen molar-refractivity contribution in [2.24, 2.45) is 0 Å². The monoisotopic (exact) mass is 289 g/mol. The molecule has 0 spiro atoms. The van der Waals surface area contributed by atoms with Gasteiger partial charge >= 0.3 is 0 Å². The summed E-state index contributed by atoms with van der Waals surface area (Å²) in [5.41, 5.74) is 4.43. The van der Waals surface area contributed by atoms with Crippen LogP contribution in [0.2, 0.25) is 5.15 Å². The van der Waals surface area contributed by atoms with Crippen molar-refractivity contribution >= 4 is 23.1 Å². The molecule has 0 aliphatic rings. The van der Waals surface area contributed by atoms with E-state index in [0.29, 0.717) is 5.15 Å². The molecule has 1 aromatic carbocycles. The molecule has 0 saturated heterocycles. The fraction of sp³-hybridized carbons (Fsp3) is 0.375. The fourth-order valence-corrected chi connectivity index (χ4v) is 2.06. The molecule has 20 heavy (non-hydrogen) atoms. The van der Waals surface area contributed by atoms with Gasteiger partial charge in [0.05, 0.1) is 0 Å². The van der Waals surface area contributed by atoms with E-state index in [9.17, 15) is 0 Å². The molecule has 0 unspecified atom stereocenters. The van der Waals surface area contributed by atoms with Gasteiger partial charge in [0.2, 0.25) is 0 Å². The van der Waals surface area contributed by atoms with E-state index in [1.165, 1.54) is 5.56 Å². The van der Waals surface area contributed by atoms with Gasteiger partial charge in [0.25, 0.3) is 0 Å². The van der Waals surface area contributed by atoms with Gasteiger partial charge in [0, 0.05) is 5.69 Å². The predicted octanol–water partition coefficient (Wildman–Crippen LogP) is 4.79. The smallest absolute Gasteiger partial charge is 0.156 e. The van der Waals surface area contributed by atoms with Crippen LogP contribution in [0.4, 0.5) is 11.5 Å². The minimum atomic E-state index is 0.158. The highest BCUT2D eigenvalue weighted by Crippen LogP contribution is 2.26. The number of nitrogens with one attached hydrogen (secondary N) is 1. The van der Waals surface area contributed by atoms with Gasteiger partial charge in [0.15, 0.2) is 11.0 Å². The van der Waals surface area contributed by atoms with Crippen LogP contribution in [0.25, 0.3) is 0 Å². The van der Waals surface area contributed by atoms with E-state index in [0.717, 1.165) is 22.6 Å². The van der Waals surface area contributed by atoms with Gasteiger partial charge in [-0.15, -0.1) is 10.2 Å². The Morgan fingerprint density at radius 2 is 1.55 bits per heavy atom. The third kappa shape index (κ3) is 3.10. The summed E-state index contributed by atoms with van der Waals surface area (Å²) in [5.74, 6) is 0.746. The first kappa shape index (κ1) is 14.8. The second kappa shape index (κ2) is 5.41. The second-order valence-corrected chi connectivity index (χ2v) is 6.40. The maximum atomic E-state index is 5.96. The van der Waals surface area contributed by atoms with Crippen molar-refractivity contribution in [3.63, 3.8) is 0 Å². The van der Waals surface area contributed by atoms with Crippen LogP contribution in [-0.2, 0) is 5.41 Å². The zero-order chi connectivity index (χ0) is 14.9. The summed E-state index contributed by atoms with van der Waals surface area (Å²) in [7, 11) is 0. The molecule has 106 valence electrons. The van der Waals surface area contributed by atoms with Gasteiger partial charge in [-0.25, -0.2) is 0 Å².